The van der Waals surface area contributed by atoms with Gasteiger partial charge in [0.1, 0.15) is 11.7 Å². The van der Waals surface area contributed by atoms with E-state index in [1.165, 1.54) is 0 Å². The molecular weight excluding hydrogens is 170 g/mol. The Morgan fingerprint density at radius 1 is 1.58 bits per heavy atom. The average Bonchev–Trinajstić information content (AvgIpc) is 2.51. The third-order valence-corrected chi connectivity index (χ3v) is 2.59. The number of rotatable bonds is 1. The predicted octanol–water partition coefficient (Wildman–Crippen LogP) is 2.19. The zero-order valence-electron chi connectivity index (χ0n) is 6.41. The number of fused-ring (bicyclic) bond motifs is 1. The summed E-state index contributed by atoms with van der Waals surface area (Å²) < 4.78 is 5.31. The molecule has 2 rings (SSSR count). The maximum Gasteiger partial charge on any atom is 0.138 e. The molecule has 1 aromatic rings. The third-order valence-electron chi connectivity index (χ3n) is 1.72. The van der Waals surface area contributed by atoms with Crippen molar-refractivity contribution in [2.75, 3.05) is 5.94 Å². The average molecular weight is 177 g/mol. The molecule has 1 heterocycles. The third kappa shape index (κ3) is 1.26. The van der Waals surface area contributed by atoms with Crippen molar-refractivity contribution in [3.63, 3.8) is 0 Å². The van der Waals surface area contributed by atoms with E-state index >= 15 is 0 Å². The van der Waals surface area contributed by atoms with Gasteiger partial charge in [-0.15, -0.1) is 0 Å². The molecule has 0 N–H and O–H groups in total. The van der Waals surface area contributed by atoms with Gasteiger partial charge in [-0.3, -0.25) is 0 Å². The highest BCUT2D eigenvalue weighted by atomic mass is 32.2. The van der Waals surface area contributed by atoms with Gasteiger partial charge in [0, 0.05) is 0 Å². The van der Waals surface area contributed by atoms with E-state index in [0.717, 1.165) is 16.2 Å². The van der Waals surface area contributed by atoms with Crippen LogP contribution in [0.4, 0.5) is 0 Å². The van der Waals surface area contributed by atoms with Crippen LogP contribution in [-0.4, -0.2) is 5.94 Å². The predicted molar refractivity (Wildman–Crippen MR) is 47.1 cm³/mol. The first-order chi connectivity index (χ1) is 5.90. The Bertz CT molecular complexity index is 343. The quantitative estimate of drug-likeness (QED) is 0.659. The molecule has 1 aliphatic rings. The molecule has 0 bridgehead atoms. The first kappa shape index (κ1) is 7.51. The van der Waals surface area contributed by atoms with Gasteiger partial charge >= 0.3 is 0 Å². The van der Waals surface area contributed by atoms with Crippen LogP contribution in [0, 0.1) is 11.3 Å². The molecule has 0 saturated heterocycles. The van der Waals surface area contributed by atoms with Crippen LogP contribution in [0.3, 0.4) is 0 Å². The van der Waals surface area contributed by atoms with Crippen LogP contribution in [0.15, 0.2) is 23.1 Å². The summed E-state index contributed by atoms with van der Waals surface area (Å²) in [5.41, 5.74) is 1.06. The van der Waals surface area contributed by atoms with Gasteiger partial charge in [-0.1, -0.05) is 17.8 Å². The molecule has 0 aliphatic carbocycles. The molecule has 12 heavy (non-hydrogen) atoms. The van der Waals surface area contributed by atoms with Gasteiger partial charge in [-0.05, 0) is 17.7 Å². The van der Waals surface area contributed by atoms with E-state index in [-0.39, 0.29) is 0 Å². The summed E-state index contributed by atoms with van der Waals surface area (Å²) in [4.78, 5) is 1.16. The molecule has 0 fully saturated rings. The summed E-state index contributed by atoms with van der Waals surface area (Å²) in [6.45, 7) is 0. The van der Waals surface area contributed by atoms with Gasteiger partial charge in [-0.25, -0.2) is 0 Å². The summed E-state index contributed by atoms with van der Waals surface area (Å²) in [7, 11) is 0. The number of hydrogen-bond acceptors (Lipinski definition) is 3. The molecule has 0 amide bonds. The molecule has 0 radical (unpaired) electrons. The summed E-state index contributed by atoms with van der Waals surface area (Å²) in [6, 6.07) is 8.02. The SMILES string of the molecule is N#CCc1ccc2c(c1)SCO2. The van der Waals surface area contributed by atoms with Crippen molar-refractivity contribution in [1.82, 2.24) is 0 Å². The van der Waals surface area contributed by atoms with Crippen LogP contribution in [0.5, 0.6) is 5.75 Å². The van der Waals surface area contributed by atoms with Gasteiger partial charge in [0.25, 0.3) is 0 Å². The molecular formula is C9H7NOS. The Hall–Kier alpha value is -1.14. The smallest absolute Gasteiger partial charge is 0.138 e. The number of ether oxygens (including phenoxy) is 1. The molecule has 0 saturated carbocycles. The molecule has 1 aromatic carbocycles. The van der Waals surface area contributed by atoms with Crippen molar-refractivity contribution >= 4 is 11.8 Å². The van der Waals surface area contributed by atoms with Crippen molar-refractivity contribution in [3.05, 3.63) is 23.8 Å². The number of nitriles is 1. The number of nitrogens with zero attached hydrogens (tertiary/aromatic N) is 1. The van der Waals surface area contributed by atoms with Crippen molar-refractivity contribution in [2.24, 2.45) is 0 Å². The van der Waals surface area contributed by atoms with Gasteiger partial charge < -0.3 is 4.74 Å². The normalized spacial score (nSPS) is 13.2. The van der Waals surface area contributed by atoms with E-state index in [1.807, 2.05) is 18.2 Å². The second-order valence-electron chi connectivity index (χ2n) is 2.52. The fourth-order valence-corrected chi connectivity index (χ4v) is 1.96. The fraction of sp³-hybridized carbons (Fsp3) is 0.222. The lowest BCUT2D eigenvalue weighted by Crippen LogP contribution is -1.83. The minimum Gasteiger partial charge on any atom is -0.481 e. The summed E-state index contributed by atoms with van der Waals surface area (Å²) in [5, 5.41) is 8.48. The highest BCUT2D eigenvalue weighted by Crippen LogP contribution is 2.36. The molecule has 0 aromatic heterocycles. The van der Waals surface area contributed by atoms with E-state index in [9.17, 15) is 0 Å². The first-order valence-electron chi connectivity index (χ1n) is 3.65. The van der Waals surface area contributed by atoms with E-state index in [0.29, 0.717) is 12.4 Å². The topological polar surface area (TPSA) is 33.0 Å². The highest BCUT2D eigenvalue weighted by Gasteiger charge is 2.12. The molecule has 0 unspecified atom stereocenters. The first-order valence-corrected chi connectivity index (χ1v) is 4.64. The second kappa shape index (κ2) is 3.08. The lowest BCUT2D eigenvalue weighted by Gasteiger charge is -1.98. The van der Waals surface area contributed by atoms with Crippen molar-refractivity contribution in [1.29, 1.82) is 5.26 Å². The minimum atomic E-state index is 0.480. The standard InChI is InChI=1S/C9H7NOS/c10-4-3-7-1-2-8-9(5-7)12-6-11-8/h1-2,5H,3,6H2. The second-order valence-corrected chi connectivity index (χ2v) is 3.49. The van der Waals surface area contributed by atoms with Crippen LogP contribution in [0.25, 0.3) is 0 Å². The summed E-state index contributed by atoms with van der Waals surface area (Å²) >= 11 is 1.68. The van der Waals surface area contributed by atoms with E-state index in [1.54, 1.807) is 11.8 Å². The Labute approximate surface area is 75.1 Å². The van der Waals surface area contributed by atoms with Crippen LogP contribution in [0.1, 0.15) is 5.56 Å². The monoisotopic (exact) mass is 177 g/mol. The Morgan fingerprint density at radius 3 is 3.33 bits per heavy atom. The van der Waals surface area contributed by atoms with E-state index < -0.39 is 0 Å². The Kier molecular flexibility index (Phi) is 1.92. The summed E-state index contributed by atoms with van der Waals surface area (Å²) in [5.74, 6) is 1.65. The van der Waals surface area contributed by atoms with Gasteiger partial charge in [0.05, 0.1) is 17.4 Å². The Morgan fingerprint density at radius 2 is 2.50 bits per heavy atom. The number of hydrogen-bond donors (Lipinski definition) is 0. The number of thioether (sulfide) groups is 1. The largest absolute Gasteiger partial charge is 0.481 e. The van der Waals surface area contributed by atoms with Crippen molar-refractivity contribution in [3.8, 4) is 11.8 Å². The van der Waals surface area contributed by atoms with Crippen LogP contribution >= 0.6 is 11.8 Å². The van der Waals surface area contributed by atoms with Crippen molar-refractivity contribution < 1.29 is 4.74 Å². The molecule has 0 spiro atoms. The lowest BCUT2D eigenvalue weighted by atomic mass is 10.2. The molecule has 0 atom stereocenters. The van der Waals surface area contributed by atoms with E-state index in [4.69, 9.17) is 10.00 Å². The van der Waals surface area contributed by atoms with Crippen LogP contribution in [0.2, 0.25) is 0 Å². The Balaban J connectivity index is 2.34. The maximum absolute atomic E-state index is 8.48. The molecule has 2 nitrogen and oxygen atoms in total. The highest BCUT2D eigenvalue weighted by molar-refractivity contribution is 7.99. The van der Waals surface area contributed by atoms with E-state index in [2.05, 4.69) is 6.07 Å². The maximum atomic E-state index is 8.48. The zero-order chi connectivity index (χ0) is 8.39. The van der Waals surface area contributed by atoms with Gasteiger partial charge in [0.15, 0.2) is 0 Å². The van der Waals surface area contributed by atoms with Gasteiger partial charge in [0.2, 0.25) is 0 Å². The minimum absolute atomic E-state index is 0.480. The van der Waals surface area contributed by atoms with Gasteiger partial charge in [-0.2, -0.15) is 5.26 Å². The van der Waals surface area contributed by atoms with Crippen LogP contribution < -0.4 is 4.74 Å². The number of benzene rings is 1. The van der Waals surface area contributed by atoms with Crippen molar-refractivity contribution in [2.45, 2.75) is 11.3 Å². The van der Waals surface area contributed by atoms with Crippen LogP contribution in [-0.2, 0) is 6.42 Å². The zero-order valence-corrected chi connectivity index (χ0v) is 7.23. The lowest BCUT2D eigenvalue weighted by molar-refractivity contribution is 0.397. The summed E-state index contributed by atoms with van der Waals surface area (Å²) in [6.07, 6.45) is 0.480. The molecule has 60 valence electrons. The molecule has 1 aliphatic heterocycles. The fourth-order valence-electron chi connectivity index (χ4n) is 1.14. The molecule has 3 heteroatoms.